The van der Waals surface area contributed by atoms with Crippen molar-refractivity contribution in [2.24, 2.45) is 5.73 Å². The van der Waals surface area contributed by atoms with E-state index in [1.165, 1.54) is 19.5 Å². The minimum absolute atomic E-state index is 0.0326. The molecular weight excluding hydrogens is 494 g/mol. The van der Waals surface area contributed by atoms with Gasteiger partial charge in [0.1, 0.15) is 11.9 Å². The summed E-state index contributed by atoms with van der Waals surface area (Å²) < 4.78 is 12.1. The zero-order chi connectivity index (χ0) is 27.7. The van der Waals surface area contributed by atoms with Crippen molar-refractivity contribution in [3.8, 4) is 17.6 Å². The molecule has 0 bridgehead atoms. The van der Waals surface area contributed by atoms with E-state index in [1.807, 2.05) is 6.92 Å². The predicted octanol–water partition coefficient (Wildman–Crippen LogP) is 1.73. The summed E-state index contributed by atoms with van der Waals surface area (Å²) in [5.41, 5.74) is 7.02. The molecule has 0 amide bonds. The van der Waals surface area contributed by atoms with Crippen LogP contribution in [0.1, 0.15) is 36.8 Å². The first kappa shape index (κ1) is 27.3. The Balaban J connectivity index is 0.000000934. The van der Waals surface area contributed by atoms with Crippen LogP contribution >= 0.6 is 0 Å². The smallest absolute Gasteiger partial charge is 0.350 e. The number of aromatic amines is 1. The first-order chi connectivity index (χ1) is 18.2. The van der Waals surface area contributed by atoms with Gasteiger partial charge in [0.2, 0.25) is 0 Å². The third kappa shape index (κ3) is 6.90. The lowest BCUT2D eigenvalue weighted by molar-refractivity contribution is -0.134. The Bertz CT molecular complexity index is 1430. The maximum absolute atomic E-state index is 12.7. The number of carboxylic acids is 1. The van der Waals surface area contributed by atoms with E-state index in [-0.39, 0.29) is 11.8 Å². The number of ether oxygens (including phenoxy) is 2. The quantitative estimate of drug-likeness (QED) is 0.158. The average molecular weight is 522 g/mol. The van der Waals surface area contributed by atoms with Gasteiger partial charge in [-0.25, -0.2) is 19.7 Å². The number of H-pyrrole nitrogens is 1. The highest BCUT2D eigenvalue weighted by Crippen LogP contribution is 2.31. The Morgan fingerprint density at radius 3 is 2.47 bits per heavy atom. The number of rotatable bonds is 9. The number of nitrogens with two attached hydrogens (primary N) is 1. The molecule has 4 aromatic rings. The van der Waals surface area contributed by atoms with Crippen LogP contribution in [0.5, 0.6) is 11.6 Å². The lowest BCUT2D eigenvalue weighted by Crippen LogP contribution is -2.18. The minimum atomic E-state index is -0.833. The van der Waals surface area contributed by atoms with Gasteiger partial charge in [-0.3, -0.25) is 15.2 Å². The molecule has 0 radical (unpaired) electrons. The van der Waals surface area contributed by atoms with Crippen LogP contribution in [0.2, 0.25) is 0 Å². The number of nitrogen functional groups attached to an aromatic ring is 1. The first-order valence-corrected chi connectivity index (χ1v) is 11.3. The number of hydrogen-bond acceptors (Lipinski definition) is 10. The van der Waals surface area contributed by atoms with Gasteiger partial charge in [-0.1, -0.05) is 0 Å². The lowest BCUT2D eigenvalue weighted by atomic mass is 10.1. The highest BCUT2D eigenvalue weighted by atomic mass is 16.5. The third-order valence-electron chi connectivity index (χ3n) is 4.82. The third-order valence-corrected chi connectivity index (χ3v) is 4.82. The normalized spacial score (nSPS) is 11.0. The van der Waals surface area contributed by atoms with E-state index < -0.39 is 17.7 Å². The van der Waals surface area contributed by atoms with E-state index in [0.29, 0.717) is 40.9 Å². The summed E-state index contributed by atoms with van der Waals surface area (Å²) in [5.74, 6) is 0.376. The Labute approximate surface area is 217 Å². The maximum atomic E-state index is 12.7. The molecule has 0 aliphatic heterocycles. The number of amidine groups is 1. The maximum Gasteiger partial charge on any atom is 0.350 e. The molecule has 198 valence electrons. The summed E-state index contributed by atoms with van der Waals surface area (Å²) in [6.07, 6.45) is 4.66. The highest BCUT2D eigenvalue weighted by molar-refractivity contribution is 5.95. The number of pyridine rings is 1. The van der Waals surface area contributed by atoms with Crippen LogP contribution in [-0.4, -0.2) is 60.3 Å². The second-order valence-corrected chi connectivity index (χ2v) is 7.57. The van der Waals surface area contributed by atoms with Crippen LogP contribution in [0, 0.1) is 5.41 Å². The molecule has 1 unspecified atom stereocenters. The molecule has 38 heavy (non-hydrogen) atoms. The van der Waals surface area contributed by atoms with Crippen LogP contribution in [0.25, 0.3) is 5.95 Å². The van der Waals surface area contributed by atoms with Crippen LogP contribution in [0.3, 0.4) is 0 Å². The number of aromatic nitrogens is 6. The summed E-state index contributed by atoms with van der Waals surface area (Å²) in [6, 6.07) is 9.79. The number of hydrogen-bond donors (Lipinski definition) is 5. The molecule has 14 nitrogen and oxygen atoms in total. The van der Waals surface area contributed by atoms with E-state index in [4.69, 9.17) is 30.5 Å². The number of carbonyl (C=O) groups is 1. The average Bonchev–Trinajstić information content (AvgIpc) is 3.29. The molecule has 0 aliphatic carbocycles. The van der Waals surface area contributed by atoms with Crippen molar-refractivity contribution < 1.29 is 19.4 Å². The fraction of sp³-hybridized carbons (Fsp3) is 0.208. The molecule has 3 heterocycles. The monoisotopic (exact) mass is 521 g/mol. The van der Waals surface area contributed by atoms with Gasteiger partial charge in [0, 0.05) is 42.3 Å². The summed E-state index contributed by atoms with van der Waals surface area (Å²) in [7, 11) is 1.51. The number of nitrogens with zero attached hydrogens (tertiary/aromatic N) is 5. The molecular formula is C24H27N9O5. The molecule has 3 aromatic heterocycles. The highest BCUT2D eigenvalue weighted by Gasteiger charge is 2.23. The Hall–Kier alpha value is -5.27. The molecule has 14 heteroatoms. The van der Waals surface area contributed by atoms with Crippen LogP contribution in [-0.2, 0) is 4.79 Å². The standard InChI is InChI=1S/C22H23N9O3.C2H4O2/c1-3-34-16-11-14(12-27-20(16)33-2)17(28-15-7-5-13(6-8-15)18(23)24)19-29-22(32)31(30-19)21-25-9-4-10-26-21;1-2(3)4/h4-12,17,28H,3H2,1-2H3,(H3,23,24)(H,29,30,32);1H3,(H,3,4). The number of carboxylic acid groups (broad SMARTS) is 1. The number of benzene rings is 1. The van der Waals surface area contributed by atoms with Crippen molar-refractivity contribution in [2.45, 2.75) is 19.9 Å². The largest absolute Gasteiger partial charge is 0.488 e. The van der Waals surface area contributed by atoms with E-state index in [2.05, 4.69) is 30.4 Å². The van der Waals surface area contributed by atoms with Crippen molar-refractivity contribution in [2.75, 3.05) is 19.0 Å². The number of anilines is 1. The summed E-state index contributed by atoms with van der Waals surface area (Å²) >= 11 is 0. The number of aliphatic carboxylic acids is 1. The minimum Gasteiger partial charge on any atom is -0.488 e. The second-order valence-electron chi connectivity index (χ2n) is 7.57. The number of methoxy groups -OCH3 is 1. The predicted molar refractivity (Wildman–Crippen MR) is 138 cm³/mol. The van der Waals surface area contributed by atoms with Crippen LogP contribution in [0.4, 0.5) is 5.69 Å². The lowest BCUT2D eigenvalue weighted by Gasteiger charge is -2.19. The van der Waals surface area contributed by atoms with Crippen LogP contribution < -0.4 is 26.2 Å². The van der Waals surface area contributed by atoms with Gasteiger partial charge in [0.25, 0.3) is 17.8 Å². The molecule has 0 saturated heterocycles. The van der Waals surface area contributed by atoms with Gasteiger partial charge in [0.15, 0.2) is 11.6 Å². The second kappa shape index (κ2) is 12.6. The molecule has 0 saturated carbocycles. The summed E-state index contributed by atoms with van der Waals surface area (Å²) in [4.78, 5) is 37.0. The van der Waals surface area contributed by atoms with E-state index >= 15 is 0 Å². The fourth-order valence-electron chi connectivity index (χ4n) is 3.25. The van der Waals surface area contributed by atoms with Gasteiger partial charge in [-0.2, -0.15) is 0 Å². The topological polar surface area (TPSA) is 207 Å². The van der Waals surface area contributed by atoms with Crippen molar-refractivity contribution in [1.82, 2.24) is 29.7 Å². The molecule has 0 spiro atoms. The fourth-order valence-corrected chi connectivity index (χ4v) is 3.25. The van der Waals surface area contributed by atoms with Crippen molar-refractivity contribution in [1.29, 1.82) is 5.41 Å². The van der Waals surface area contributed by atoms with Gasteiger partial charge >= 0.3 is 5.69 Å². The number of nitrogens with one attached hydrogen (secondary N) is 3. The summed E-state index contributed by atoms with van der Waals surface area (Å²) in [6.45, 7) is 3.36. The molecule has 0 aliphatic rings. The Kier molecular flexibility index (Phi) is 9.07. The molecule has 1 aromatic carbocycles. The Morgan fingerprint density at radius 2 is 1.89 bits per heavy atom. The first-order valence-electron chi connectivity index (χ1n) is 11.3. The molecule has 6 N–H and O–H groups in total. The van der Waals surface area contributed by atoms with Gasteiger partial charge in [-0.05, 0) is 43.3 Å². The van der Waals surface area contributed by atoms with Crippen LogP contribution in [0.15, 0.2) is 59.8 Å². The van der Waals surface area contributed by atoms with Crippen molar-refractivity contribution in [3.63, 3.8) is 0 Å². The van der Waals surface area contributed by atoms with E-state index in [1.54, 1.807) is 42.6 Å². The van der Waals surface area contributed by atoms with Crippen molar-refractivity contribution >= 4 is 17.5 Å². The van der Waals surface area contributed by atoms with Crippen molar-refractivity contribution in [3.05, 3.63) is 82.4 Å². The van der Waals surface area contributed by atoms with Gasteiger partial charge < -0.3 is 25.6 Å². The Morgan fingerprint density at radius 1 is 1.24 bits per heavy atom. The van der Waals surface area contributed by atoms with E-state index in [9.17, 15) is 4.79 Å². The zero-order valence-corrected chi connectivity index (χ0v) is 20.9. The molecule has 4 rings (SSSR count). The van der Waals surface area contributed by atoms with Gasteiger partial charge in [0.05, 0.1) is 13.7 Å². The SMILES string of the molecule is CC(=O)O.CCOc1cc(C(Nc2ccc(C(=N)N)cc2)c2nn(-c3ncccn3)c(=O)[nH]2)cnc1OC. The zero-order valence-electron chi connectivity index (χ0n) is 20.9. The summed E-state index contributed by atoms with van der Waals surface area (Å²) in [5, 5.41) is 22.8. The van der Waals surface area contributed by atoms with Gasteiger partial charge in [-0.15, -0.1) is 9.78 Å². The molecule has 1 atom stereocenters. The van der Waals surface area contributed by atoms with E-state index in [0.717, 1.165) is 11.6 Å². The molecule has 0 fully saturated rings.